The number of likely N-dealkylation sites (tertiary alicyclic amines) is 1. The Hall–Kier alpha value is -1.90. The summed E-state index contributed by atoms with van der Waals surface area (Å²) in [6, 6.07) is 5.80. The number of hydrogen-bond acceptors (Lipinski definition) is 4. The molecular formula is C19H22F3N3O2. The van der Waals surface area contributed by atoms with Crippen molar-refractivity contribution < 1.29 is 23.0 Å². The zero-order chi connectivity index (χ0) is 19.0. The first-order valence-electron chi connectivity index (χ1n) is 9.17. The summed E-state index contributed by atoms with van der Waals surface area (Å²) < 4.78 is 45.3. The number of hydrogen-bond donors (Lipinski definition) is 2. The third-order valence-corrected chi connectivity index (χ3v) is 5.55. The molecule has 3 heterocycles. The van der Waals surface area contributed by atoms with E-state index in [4.69, 9.17) is 4.74 Å². The van der Waals surface area contributed by atoms with Crippen molar-refractivity contribution in [2.24, 2.45) is 0 Å². The minimum absolute atomic E-state index is 0.164. The highest BCUT2D eigenvalue weighted by molar-refractivity contribution is 5.33. The van der Waals surface area contributed by atoms with E-state index in [1.165, 1.54) is 6.07 Å². The number of piperidine rings is 1. The number of ether oxygens (including phenoxy) is 1. The lowest BCUT2D eigenvalue weighted by atomic mass is 9.86. The quantitative estimate of drug-likeness (QED) is 0.856. The molecule has 0 aliphatic carbocycles. The average Bonchev–Trinajstić information content (AvgIpc) is 3.11. The topological polar surface area (TPSA) is 61.4 Å². The molecule has 27 heavy (non-hydrogen) atoms. The van der Waals surface area contributed by atoms with Crippen LogP contribution in [0.15, 0.2) is 24.3 Å². The zero-order valence-electron chi connectivity index (χ0n) is 14.8. The van der Waals surface area contributed by atoms with E-state index in [2.05, 4.69) is 10.2 Å². The van der Waals surface area contributed by atoms with Gasteiger partial charge in [-0.1, -0.05) is 18.2 Å². The molecule has 2 aliphatic rings. The number of H-pyrrole nitrogens is 1. The van der Waals surface area contributed by atoms with Crippen LogP contribution >= 0.6 is 0 Å². The fourth-order valence-electron chi connectivity index (χ4n) is 4.09. The van der Waals surface area contributed by atoms with Gasteiger partial charge in [-0.25, -0.2) is 0 Å². The van der Waals surface area contributed by atoms with Crippen LogP contribution in [-0.2, 0) is 23.9 Å². The van der Waals surface area contributed by atoms with E-state index in [0.29, 0.717) is 50.4 Å². The molecule has 1 unspecified atom stereocenters. The largest absolute Gasteiger partial charge is 0.416 e. The molecule has 8 heteroatoms. The molecule has 0 bridgehead atoms. The summed E-state index contributed by atoms with van der Waals surface area (Å²) in [6.45, 7) is 2.09. The molecule has 2 N–H and O–H groups in total. The van der Waals surface area contributed by atoms with Gasteiger partial charge >= 0.3 is 6.18 Å². The van der Waals surface area contributed by atoms with Crippen molar-refractivity contribution in [3.63, 3.8) is 0 Å². The van der Waals surface area contributed by atoms with Crippen LogP contribution in [0.5, 0.6) is 0 Å². The molecule has 1 aromatic heterocycles. The van der Waals surface area contributed by atoms with Gasteiger partial charge in [0.2, 0.25) is 0 Å². The summed E-state index contributed by atoms with van der Waals surface area (Å²) in [5.74, 6) is -0.164. The summed E-state index contributed by atoms with van der Waals surface area (Å²) >= 11 is 0. The molecular weight excluding hydrogens is 359 g/mol. The second-order valence-electron chi connectivity index (χ2n) is 7.14. The van der Waals surface area contributed by atoms with E-state index in [1.54, 1.807) is 12.1 Å². The van der Waals surface area contributed by atoms with E-state index in [9.17, 15) is 18.3 Å². The third-order valence-electron chi connectivity index (χ3n) is 5.55. The maximum absolute atomic E-state index is 13.3. The van der Waals surface area contributed by atoms with E-state index in [1.807, 2.05) is 4.90 Å². The van der Waals surface area contributed by atoms with Crippen LogP contribution in [0.1, 0.15) is 53.1 Å². The number of aromatic amines is 1. The first-order chi connectivity index (χ1) is 12.9. The number of halogens is 3. The van der Waals surface area contributed by atoms with Crippen molar-refractivity contribution in [1.29, 1.82) is 0 Å². The van der Waals surface area contributed by atoms with E-state index < -0.39 is 18.0 Å². The Morgan fingerprint density at radius 3 is 2.70 bits per heavy atom. The molecule has 0 radical (unpaired) electrons. The first kappa shape index (κ1) is 18.5. The maximum Gasteiger partial charge on any atom is 0.416 e. The van der Waals surface area contributed by atoms with Crippen molar-refractivity contribution in [3.05, 3.63) is 52.3 Å². The van der Waals surface area contributed by atoms with Crippen LogP contribution in [0.3, 0.4) is 0 Å². The first-order valence-corrected chi connectivity index (χ1v) is 9.17. The normalized spacial score (nSPS) is 20.4. The van der Waals surface area contributed by atoms with Crippen molar-refractivity contribution in [2.75, 3.05) is 19.7 Å². The minimum atomic E-state index is -4.35. The molecule has 0 amide bonds. The molecule has 2 aromatic rings. The van der Waals surface area contributed by atoms with Gasteiger partial charge in [0.25, 0.3) is 0 Å². The van der Waals surface area contributed by atoms with Gasteiger partial charge in [-0.2, -0.15) is 18.3 Å². The van der Waals surface area contributed by atoms with Crippen molar-refractivity contribution >= 4 is 0 Å². The number of fused-ring (bicyclic) bond motifs is 1. The van der Waals surface area contributed by atoms with Crippen LogP contribution in [0.4, 0.5) is 13.2 Å². The molecule has 1 fully saturated rings. The van der Waals surface area contributed by atoms with Crippen molar-refractivity contribution in [1.82, 2.24) is 15.1 Å². The van der Waals surface area contributed by atoms with Crippen LogP contribution in [0.25, 0.3) is 0 Å². The number of benzene rings is 1. The van der Waals surface area contributed by atoms with Gasteiger partial charge in [-0.05, 0) is 30.4 Å². The zero-order valence-corrected chi connectivity index (χ0v) is 14.8. The SMILES string of the molecule is OC(c1n[nH]c2c1COCC2)N1CCC(c2ccccc2C(F)(F)F)CC1. The Morgan fingerprint density at radius 1 is 1.22 bits per heavy atom. The summed E-state index contributed by atoms with van der Waals surface area (Å²) in [5.41, 5.74) is 2.26. The van der Waals surface area contributed by atoms with Crippen LogP contribution in [0.2, 0.25) is 0 Å². The van der Waals surface area contributed by atoms with Gasteiger partial charge in [0.15, 0.2) is 6.23 Å². The maximum atomic E-state index is 13.3. The van der Waals surface area contributed by atoms with E-state index in [0.717, 1.165) is 23.7 Å². The number of nitrogens with one attached hydrogen (secondary N) is 1. The Morgan fingerprint density at radius 2 is 1.96 bits per heavy atom. The molecule has 1 saturated heterocycles. The lowest BCUT2D eigenvalue weighted by Gasteiger charge is -2.35. The lowest BCUT2D eigenvalue weighted by Crippen LogP contribution is -2.37. The Labute approximate surface area is 155 Å². The summed E-state index contributed by atoms with van der Waals surface area (Å²) in [4.78, 5) is 1.87. The van der Waals surface area contributed by atoms with E-state index in [-0.39, 0.29) is 5.92 Å². The Kier molecular flexibility index (Phi) is 4.96. The summed E-state index contributed by atoms with van der Waals surface area (Å²) in [7, 11) is 0. The number of alkyl halides is 3. The molecule has 0 saturated carbocycles. The van der Waals surface area contributed by atoms with Crippen LogP contribution < -0.4 is 0 Å². The van der Waals surface area contributed by atoms with Gasteiger partial charge < -0.3 is 9.84 Å². The molecule has 0 spiro atoms. The molecule has 1 aromatic carbocycles. The standard InChI is InChI=1S/C19H22F3N3O2/c20-19(21,22)15-4-2-1-3-13(15)12-5-8-25(9-6-12)18(26)17-14-11-27-10-7-16(14)23-24-17/h1-4,12,18,26H,5-11H2,(H,23,24). The highest BCUT2D eigenvalue weighted by Gasteiger charge is 2.36. The number of aromatic nitrogens is 2. The Balaban J connectivity index is 1.46. The fourth-order valence-corrected chi connectivity index (χ4v) is 4.09. The second kappa shape index (κ2) is 7.26. The third kappa shape index (κ3) is 3.61. The van der Waals surface area contributed by atoms with E-state index >= 15 is 0 Å². The average molecular weight is 381 g/mol. The predicted molar refractivity (Wildman–Crippen MR) is 91.9 cm³/mol. The van der Waals surface area contributed by atoms with Crippen LogP contribution in [0, 0.1) is 0 Å². The van der Waals surface area contributed by atoms with Gasteiger partial charge in [0.1, 0.15) is 5.69 Å². The number of aliphatic hydroxyl groups is 1. The second-order valence-corrected chi connectivity index (χ2v) is 7.14. The smallest absolute Gasteiger partial charge is 0.376 e. The fraction of sp³-hybridized carbons (Fsp3) is 0.526. The van der Waals surface area contributed by atoms with Gasteiger partial charge in [-0.3, -0.25) is 10.00 Å². The number of aliphatic hydroxyl groups excluding tert-OH is 1. The van der Waals surface area contributed by atoms with Crippen molar-refractivity contribution in [2.45, 2.75) is 44.2 Å². The summed E-state index contributed by atoms with van der Waals surface area (Å²) in [5, 5.41) is 18.0. The number of nitrogens with zero attached hydrogens (tertiary/aromatic N) is 2. The molecule has 4 rings (SSSR count). The summed E-state index contributed by atoms with van der Waals surface area (Å²) in [6.07, 6.45) is -3.35. The lowest BCUT2D eigenvalue weighted by molar-refractivity contribution is -0.138. The Bertz CT molecular complexity index is 798. The molecule has 146 valence electrons. The molecule has 2 aliphatic heterocycles. The molecule has 1 atom stereocenters. The van der Waals surface area contributed by atoms with Crippen molar-refractivity contribution in [3.8, 4) is 0 Å². The van der Waals surface area contributed by atoms with Crippen LogP contribution in [-0.4, -0.2) is 39.9 Å². The van der Waals surface area contributed by atoms with Gasteiger partial charge in [0, 0.05) is 30.8 Å². The highest BCUT2D eigenvalue weighted by Crippen LogP contribution is 2.39. The monoisotopic (exact) mass is 381 g/mol. The van der Waals surface area contributed by atoms with Gasteiger partial charge in [-0.15, -0.1) is 0 Å². The highest BCUT2D eigenvalue weighted by atomic mass is 19.4. The number of rotatable bonds is 3. The van der Waals surface area contributed by atoms with Gasteiger partial charge in [0.05, 0.1) is 18.8 Å². The predicted octanol–water partition coefficient (Wildman–Crippen LogP) is 3.37. The molecule has 5 nitrogen and oxygen atoms in total. The minimum Gasteiger partial charge on any atom is -0.376 e.